The van der Waals surface area contributed by atoms with Gasteiger partial charge >= 0.3 is 0 Å². The van der Waals surface area contributed by atoms with Crippen LogP contribution in [-0.2, 0) is 4.79 Å². The number of hydrogen-bond donors (Lipinski definition) is 1. The van der Waals surface area contributed by atoms with E-state index in [1.54, 1.807) is 6.20 Å². The summed E-state index contributed by atoms with van der Waals surface area (Å²) >= 11 is 0. The van der Waals surface area contributed by atoms with Crippen molar-refractivity contribution in [2.75, 3.05) is 18.1 Å². The first kappa shape index (κ1) is 13.7. The van der Waals surface area contributed by atoms with Crippen molar-refractivity contribution in [2.24, 2.45) is 0 Å². The number of rotatable bonds is 3. The van der Waals surface area contributed by atoms with Gasteiger partial charge in [0.05, 0.1) is 18.5 Å². The van der Waals surface area contributed by atoms with Gasteiger partial charge in [-0.15, -0.1) is 0 Å². The standard InChI is InChI=1S/C16H19N3O2/c1-2-5-15(20)19-8-4-9-21-16-13(6-3-7-14(16)19)12-10-17-18-11-12/h3,6-7,10-11H,2,4-5,8-9H2,1H3,(H,17,18). The van der Waals surface area contributed by atoms with Gasteiger partial charge in [0, 0.05) is 30.3 Å². The molecule has 1 aliphatic rings. The maximum atomic E-state index is 12.4. The van der Waals surface area contributed by atoms with Crippen LogP contribution >= 0.6 is 0 Å². The van der Waals surface area contributed by atoms with E-state index in [-0.39, 0.29) is 5.91 Å². The highest BCUT2D eigenvalue weighted by Gasteiger charge is 2.24. The van der Waals surface area contributed by atoms with E-state index in [2.05, 4.69) is 10.2 Å². The van der Waals surface area contributed by atoms with E-state index in [0.717, 1.165) is 35.4 Å². The number of hydrogen-bond acceptors (Lipinski definition) is 3. The maximum absolute atomic E-state index is 12.4. The van der Waals surface area contributed by atoms with Crippen molar-refractivity contribution >= 4 is 11.6 Å². The first-order valence-electron chi connectivity index (χ1n) is 7.36. The van der Waals surface area contributed by atoms with Gasteiger partial charge in [-0.25, -0.2) is 0 Å². The molecule has 3 rings (SSSR count). The van der Waals surface area contributed by atoms with Gasteiger partial charge in [-0.1, -0.05) is 19.1 Å². The summed E-state index contributed by atoms with van der Waals surface area (Å²) in [5.41, 5.74) is 2.80. The second-order valence-electron chi connectivity index (χ2n) is 5.14. The first-order chi connectivity index (χ1) is 10.3. The van der Waals surface area contributed by atoms with Crippen LogP contribution in [0.15, 0.2) is 30.6 Å². The fraction of sp³-hybridized carbons (Fsp3) is 0.375. The largest absolute Gasteiger partial charge is 0.491 e. The average Bonchev–Trinajstić information content (AvgIpc) is 2.93. The highest BCUT2D eigenvalue weighted by atomic mass is 16.5. The van der Waals surface area contributed by atoms with Crippen molar-refractivity contribution in [1.82, 2.24) is 10.2 Å². The zero-order valence-electron chi connectivity index (χ0n) is 12.1. The lowest BCUT2D eigenvalue weighted by Crippen LogP contribution is -2.31. The molecule has 2 aromatic rings. The Morgan fingerprint density at radius 2 is 2.38 bits per heavy atom. The molecular weight excluding hydrogens is 266 g/mol. The van der Waals surface area contributed by atoms with E-state index < -0.39 is 0 Å². The molecule has 1 aromatic heterocycles. The number of carbonyl (C=O) groups excluding carboxylic acids is 1. The van der Waals surface area contributed by atoms with Gasteiger partial charge in [-0.05, 0) is 18.9 Å². The monoisotopic (exact) mass is 285 g/mol. The van der Waals surface area contributed by atoms with Crippen LogP contribution in [0.1, 0.15) is 26.2 Å². The van der Waals surface area contributed by atoms with Crippen LogP contribution < -0.4 is 9.64 Å². The van der Waals surface area contributed by atoms with Crippen LogP contribution in [0.4, 0.5) is 5.69 Å². The highest BCUT2D eigenvalue weighted by Crippen LogP contribution is 2.40. The molecule has 0 unspecified atom stereocenters. The third-order valence-corrected chi connectivity index (χ3v) is 3.63. The second-order valence-corrected chi connectivity index (χ2v) is 5.14. The number of amides is 1. The fourth-order valence-electron chi connectivity index (χ4n) is 2.64. The molecular formula is C16H19N3O2. The van der Waals surface area contributed by atoms with E-state index in [1.165, 1.54) is 0 Å². The minimum Gasteiger partial charge on any atom is -0.491 e. The number of aromatic amines is 1. The van der Waals surface area contributed by atoms with Gasteiger partial charge in [0.1, 0.15) is 0 Å². The van der Waals surface area contributed by atoms with E-state index >= 15 is 0 Å². The average molecular weight is 285 g/mol. The van der Waals surface area contributed by atoms with Crippen LogP contribution in [0.2, 0.25) is 0 Å². The van der Waals surface area contributed by atoms with E-state index in [1.807, 2.05) is 36.2 Å². The molecule has 5 nitrogen and oxygen atoms in total. The predicted molar refractivity (Wildman–Crippen MR) is 81.4 cm³/mol. The number of nitrogens with zero attached hydrogens (tertiary/aromatic N) is 2. The lowest BCUT2D eigenvalue weighted by atomic mass is 10.1. The zero-order chi connectivity index (χ0) is 14.7. The fourth-order valence-corrected chi connectivity index (χ4v) is 2.64. The Balaban J connectivity index is 2.06. The quantitative estimate of drug-likeness (QED) is 0.943. The summed E-state index contributed by atoms with van der Waals surface area (Å²) in [7, 11) is 0. The minimum absolute atomic E-state index is 0.161. The summed E-state index contributed by atoms with van der Waals surface area (Å²) in [5, 5.41) is 6.81. The summed E-state index contributed by atoms with van der Waals surface area (Å²) in [6, 6.07) is 5.91. The number of H-pyrrole nitrogens is 1. The number of benzene rings is 1. The molecule has 0 spiro atoms. The molecule has 0 saturated carbocycles. The Bertz CT molecular complexity index is 622. The Hall–Kier alpha value is -2.30. The summed E-state index contributed by atoms with van der Waals surface area (Å²) in [6.07, 6.45) is 5.86. The summed E-state index contributed by atoms with van der Waals surface area (Å²) in [5.74, 6) is 0.939. The van der Waals surface area contributed by atoms with Crippen molar-refractivity contribution in [2.45, 2.75) is 26.2 Å². The molecule has 0 aliphatic carbocycles. The molecule has 0 radical (unpaired) electrons. The van der Waals surface area contributed by atoms with Crippen LogP contribution in [0.5, 0.6) is 5.75 Å². The molecule has 0 atom stereocenters. The van der Waals surface area contributed by atoms with E-state index in [0.29, 0.717) is 19.6 Å². The summed E-state index contributed by atoms with van der Waals surface area (Å²) in [4.78, 5) is 14.2. The Kier molecular flexibility index (Phi) is 3.90. The van der Waals surface area contributed by atoms with Crippen molar-refractivity contribution in [3.63, 3.8) is 0 Å². The number of carbonyl (C=O) groups is 1. The van der Waals surface area contributed by atoms with Gasteiger partial charge in [-0.2, -0.15) is 5.10 Å². The number of anilines is 1. The summed E-state index contributed by atoms with van der Waals surface area (Å²) in [6.45, 7) is 3.35. The van der Waals surface area contributed by atoms with Crippen molar-refractivity contribution in [1.29, 1.82) is 0 Å². The Morgan fingerprint density at radius 3 is 3.14 bits per heavy atom. The van der Waals surface area contributed by atoms with Gasteiger partial charge in [0.25, 0.3) is 0 Å². The molecule has 1 amide bonds. The third kappa shape index (κ3) is 2.63. The number of ether oxygens (including phenoxy) is 1. The normalized spacial score (nSPS) is 14.2. The second kappa shape index (κ2) is 5.99. The zero-order valence-corrected chi connectivity index (χ0v) is 12.1. The third-order valence-electron chi connectivity index (χ3n) is 3.63. The number of nitrogens with one attached hydrogen (secondary N) is 1. The lowest BCUT2D eigenvalue weighted by molar-refractivity contribution is -0.118. The van der Waals surface area contributed by atoms with Crippen LogP contribution in [0.3, 0.4) is 0 Å². The molecule has 5 heteroatoms. The molecule has 0 bridgehead atoms. The molecule has 2 heterocycles. The minimum atomic E-state index is 0.161. The maximum Gasteiger partial charge on any atom is 0.227 e. The Morgan fingerprint density at radius 1 is 1.48 bits per heavy atom. The van der Waals surface area contributed by atoms with Crippen LogP contribution in [-0.4, -0.2) is 29.3 Å². The Labute approximate surface area is 123 Å². The molecule has 1 aliphatic heterocycles. The van der Waals surface area contributed by atoms with Gasteiger partial charge in [0.15, 0.2) is 5.75 Å². The van der Waals surface area contributed by atoms with Crippen molar-refractivity contribution in [3.8, 4) is 16.9 Å². The van der Waals surface area contributed by atoms with Gasteiger partial charge < -0.3 is 9.64 Å². The van der Waals surface area contributed by atoms with Crippen LogP contribution in [0, 0.1) is 0 Å². The van der Waals surface area contributed by atoms with Crippen LogP contribution in [0.25, 0.3) is 11.1 Å². The molecule has 0 fully saturated rings. The highest BCUT2D eigenvalue weighted by molar-refractivity contribution is 5.96. The summed E-state index contributed by atoms with van der Waals surface area (Å²) < 4.78 is 5.93. The predicted octanol–water partition coefficient (Wildman–Crippen LogP) is 2.99. The van der Waals surface area contributed by atoms with Gasteiger partial charge in [0.2, 0.25) is 5.91 Å². The SMILES string of the molecule is CCCC(=O)N1CCCOc2c(-c3cn[nH]c3)cccc21. The molecule has 1 aromatic carbocycles. The topological polar surface area (TPSA) is 58.2 Å². The molecule has 21 heavy (non-hydrogen) atoms. The van der Waals surface area contributed by atoms with Gasteiger partial charge in [-0.3, -0.25) is 9.89 Å². The number of para-hydroxylation sites is 1. The van der Waals surface area contributed by atoms with Crippen molar-refractivity contribution in [3.05, 3.63) is 30.6 Å². The molecule has 1 N–H and O–H groups in total. The molecule has 0 saturated heterocycles. The smallest absolute Gasteiger partial charge is 0.227 e. The lowest BCUT2D eigenvalue weighted by Gasteiger charge is -2.22. The van der Waals surface area contributed by atoms with Crippen molar-refractivity contribution < 1.29 is 9.53 Å². The van der Waals surface area contributed by atoms with E-state index in [9.17, 15) is 4.79 Å². The number of fused-ring (bicyclic) bond motifs is 1. The van der Waals surface area contributed by atoms with E-state index in [4.69, 9.17) is 4.74 Å². The first-order valence-corrected chi connectivity index (χ1v) is 7.36. The number of aromatic nitrogens is 2. The molecule has 110 valence electrons.